The van der Waals surface area contributed by atoms with Gasteiger partial charge in [0.05, 0.1) is 23.4 Å². The van der Waals surface area contributed by atoms with Gasteiger partial charge in [0, 0.05) is 5.56 Å². The van der Waals surface area contributed by atoms with Gasteiger partial charge in [-0.1, -0.05) is 18.2 Å². The molecule has 2 rings (SSSR count). The minimum absolute atomic E-state index is 0.145. The highest BCUT2D eigenvalue weighted by Gasteiger charge is 2.52. The maximum Gasteiger partial charge on any atom is 0.492 e. The highest BCUT2D eigenvalue weighted by atomic mass is 19.4. The van der Waals surface area contributed by atoms with Crippen LogP contribution in [0.1, 0.15) is 38.8 Å². The van der Waals surface area contributed by atoms with Crippen molar-refractivity contribution in [3.8, 4) is 0 Å². The van der Waals surface area contributed by atoms with Crippen LogP contribution in [0, 0.1) is 5.82 Å². The first-order chi connectivity index (χ1) is 10.9. The zero-order valence-electron chi connectivity index (χ0n) is 13.9. The lowest BCUT2D eigenvalue weighted by Crippen LogP contribution is -2.41. The first-order valence-electron chi connectivity index (χ1n) is 7.42. The lowest BCUT2D eigenvalue weighted by Gasteiger charge is -2.32. The summed E-state index contributed by atoms with van der Waals surface area (Å²) in [6.45, 7) is 6.66. The van der Waals surface area contributed by atoms with Crippen LogP contribution in [0.2, 0.25) is 0 Å². The zero-order valence-corrected chi connectivity index (χ0v) is 13.9. The van der Waals surface area contributed by atoms with E-state index >= 15 is 0 Å². The average molecular weight is 346 g/mol. The van der Waals surface area contributed by atoms with Crippen molar-refractivity contribution < 1.29 is 32.0 Å². The van der Waals surface area contributed by atoms with E-state index in [0.717, 1.165) is 12.1 Å². The monoisotopic (exact) mass is 346 g/mol. The Morgan fingerprint density at radius 1 is 1.17 bits per heavy atom. The normalized spacial score (nSPS) is 20.5. The van der Waals surface area contributed by atoms with Gasteiger partial charge < -0.3 is 14.4 Å². The summed E-state index contributed by atoms with van der Waals surface area (Å²) in [5, 5.41) is 9.54. The predicted octanol–water partition coefficient (Wildman–Crippen LogP) is 3.85. The number of alkyl halides is 3. The van der Waals surface area contributed by atoms with Crippen LogP contribution in [0.25, 0.3) is 6.08 Å². The number of aliphatic hydroxyl groups excluding tert-OH is 1. The summed E-state index contributed by atoms with van der Waals surface area (Å²) in [5.41, 5.74) is -2.87. The van der Waals surface area contributed by atoms with Gasteiger partial charge in [-0.05, 0) is 39.2 Å². The fourth-order valence-electron chi connectivity index (χ4n) is 2.26. The minimum atomic E-state index is -4.79. The molecular weight excluding hydrogens is 327 g/mol. The lowest BCUT2D eigenvalue weighted by atomic mass is 9.77. The summed E-state index contributed by atoms with van der Waals surface area (Å²) in [6, 6.07) is 2.97. The van der Waals surface area contributed by atoms with Gasteiger partial charge in [-0.15, -0.1) is 0 Å². The van der Waals surface area contributed by atoms with Crippen LogP contribution < -0.4 is 0 Å². The van der Waals surface area contributed by atoms with Gasteiger partial charge in [-0.2, -0.15) is 13.2 Å². The van der Waals surface area contributed by atoms with Gasteiger partial charge in [0.1, 0.15) is 5.82 Å². The van der Waals surface area contributed by atoms with Crippen LogP contribution in [-0.4, -0.2) is 30.0 Å². The highest BCUT2D eigenvalue weighted by Crippen LogP contribution is 2.39. The Kier molecular flexibility index (Phi) is 4.87. The smallest absolute Gasteiger partial charge is 0.400 e. The van der Waals surface area contributed by atoms with Gasteiger partial charge in [0.2, 0.25) is 0 Å². The molecule has 0 aromatic heterocycles. The molecule has 1 heterocycles. The summed E-state index contributed by atoms with van der Waals surface area (Å²) >= 11 is 0. The van der Waals surface area contributed by atoms with Crippen LogP contribution in [0.5, 0.6) is 0 Å². The molecule has 0 atom stereocenters. The number of halogens is 4. The van der Waals surface area contributed by atoms with E-state index in [2.05, 4.69) is 0 Å². The number of benzene rings is 1. The van der Waals surface area contributed by atoms with Crippen molar-refractivity contribution in [1.29, 1.82) is 0 Å². The third-order valence-corrected chi connectivity index (χ3v) is 4.41. The number of rotatable bonds is 3. The average Bonchev–Trinajstić information content (AvgIpc) is 2.64. The van der Waals surface area contributed by atoms with Crippen LogP contribution >= 0.6 is 0 Å². The molecule has 1 aliphatic rings. The fraction of sp³-hybridized carbons (Fsp3) is 0.500. The second kappa shape index (κ2) is 6.17. The first-order valence-corrected chi connectivity index (χ1v) is 7.42. The fourth-order valence-corrected chi connectivity index (χ4v) is 2.26. The van der Waals surface area contributed by atoms with Gasteiger partial charge in [0.25, 0.3) is 0 Å². The lowest BCUT2D eigenvalue weighted by molar-refractivity contribution is -0.140. The Hall–Kier alpha value is -1.38. The number of hydrogen-bond donors (Lipinski definition) is 1. The van der Waals surface area contributed by atoms with Gasteiger partial charge in [-0.3, -0.25) is 0 Å². The SMILES string of the molecule is CC1(C)OB(C(=Cc2cccc(C(F)(F)F)c2F)CO)OC1(C)C. The summed E-state index contributed by atoms with van der Waals surface area (Å²) in [6.07, 6.45) is -3.66. The second-order valence-corrected chi connectivity index (χ2v) is 6.67. The molecule has 0 amide bonds. The molecule has 0 saturated carbocycles. The molecule has 132 valence electrons. The molecular formula is C16H19BF4O3. The third kappa shape index (κ3) is 3.50. The van der Waals surface area contributed by atoms with Crippen molar-refractivity contribution in [2.45, 2.75) is 45.1 Å². The standard InChI is InChI=1S/C16H19BF4O3/c1-14(2)15(3,4)24-17(23-14)11(9-22)8-10-6-5-7-12(13(10)18)16(19,20)21/h5-8,22H,9H2,1-4H3. The Balaban J connectivity index is 2.40. The molecule has 3 nitrogen and oxygen atoms in total. The van der Waals surface area contributed by atoms with E-state index in [0.29, 0.717) is 6.07 Å². The van der Waals surface area contributed by atoms with E-state index in [1.165, 1.54) is 6.07 Å². The van der Waals surface area contributed by atoms with Crippen molar-refractivity contribution in [1.82, 2.24) is 0 Å². The van der Waals surface area contributed by atoms with Crippen LogP contribution in [-0.2, 0) is 15.5 Å². The van der Waals surface area contributed by atoms with Gasteiger partial charge in [0.15, 0.2) is 0 Å². The van der Waals surface area contributed by atoms with E-state index in [9.17, 15) is 22.7 Å². The third-order valence-electron chi connectivity index (χ3n) is 4.41. The van der Waals surface area contributed by atoms with Crippen LogP contribution in [0.3, 0.4) is 0 Å². The maximum absolute atomic E-state index is 14.1. The molecule has 1 aromatic carbocycles. The van der Waals surface area contributed by atoms with Crippen LogP contribution in [0.4, 0.5) is 17.6 Å². The van der Waals surface area contributed by atoms with Crippen molar-refractivity contribution >= 4 is 13.2 Å². The van der Waals surface area contributed by atoms with E-state index in [1.54, 1.807) is 27.7 Å². The summed E-state index contributed by atoms with van der Waals surface area (Å²) in [5.74, 6) is -1.40. The first kappa shape index (κ1) is 19.0. The minimum Gasteiger partial charge on any atom is -0.400 e. The van der Waals surface area contributed by atoms with Crippen LogP contribution in [0.15, 0.2) is 23.7 Å². The maximum atomic E-state index is 14.1. The molecule has 1 fully saturated rings. The van der Waals surface area contributed by atoms with E-state index in [1.807, 2.05) is 0 Å². The Morgan fingerprint density at radius 3 is 2.17 bits per heavy atom. The Labute approximate surface area is 138 Å². The Bertz CT molecular complexity index is 637. The molecule has 0 radical (unpaired) electrons. The molecule has 1 aliphatic heterocycles. The molecule has 8 heteroatoms. The van der Waals surface area contributed by atoms with Crippen molar-refractivity contribution in [3.63, 3.8) is 0 Å². The van der Waals surface area contributed by atoms with E-state index < -0.39 is 42.5 Å². The molecule has 0 aliphatic carbocycles. The zero-order chi connectivity index (χ0) is 18.3. The molecule has 0 spiro atoms. The van der Waals surface area contributed by atoms with E-state index in [4.69, 9.17) is 9.31 Å². The van der Waals surface area contributed by atoms with Crippen molar-refractivity contribution in [2.75, 3.05) is 6.61 Å². The largest absolute Gasteiger partial charge is 0.492 e. The number of aliphatic hydroxyl groups is 1. The molecule has 1 N–H and O–H groups in total. The van der Waals surface area contributed by atoms with Gasteiger partial charge in [-0.25, -0.2) is 4.39 Å². The summed E-state index contributed by atoms with van der Waals surface area (Å²) < 4.78 is 64.0. The topological polar surface area (TPSA) is 38.7 Å². The number of hydrogen-bond acceptors (Lipinski definition) is 3. The quantitative estimate of drug-likeness (QED) is 0.667. The highest BCUT2D eigenvalue weighted by molar-refractivity contribution is 6.55. The van der Waals surface area contributed by atoms with E-state index in [-0.39, 0.29) is 11.0 Å². The Morgan fingerprint density at radius 2 is 1.71 bits per heavy atom. The molecule has 1 aromatic rings. The molecule has 0 bridgehead atoms. The molecule has 1 saturated heterocycles. The van der Waals surface area contributed by atoms with Crippen molar-refractivity contribution in [2.24, 2.45) is 0 Å². The predicted molar refractivity (Wildman–Crippen MR) is 82.5 cm³/mol. The summed E-state index contributed by atoms with van der Waals surface area (Å²) in [4.78, 5) is 0. The summed E-state index contributed by atoms with van der Waals surface area (Å²) in [7, 11) is -0.964. The second-order valence-electron chi connectivity index (χ2n) is 6.67. The molecule has 24 heavy (non-hydrogen) atoms. The molecule has 0 unspecified atom stereocenters. The van der Waals surface area contributed by atoms with Crippen molar-refractivity contribution in [3.05, 3.63) is 40.6 Å². The van der Waals surface area contributed by atoms with Gasteiger partial charge >= 0.3 is 13.3 Å².